The summed E-state index contributed by atoms with van der Waals surface area (Å²) in [6.45, 7) is 2.13. The Morgan fingerprint density at radius 2 is 1.21 bits per heavy atom. The van der Waals surface area contributed by atoms with Crippen molar-refractivity contribution >= 4 is 11.9 Å². The molecule has 0 spiro atoms. The minimum atomic E-state index is -1.33. The molecular weight excluding hydrogens is 306 g/mol. The maximum atomic E-state index is 11.5. The molecule has 0 aromatic rings. The fraction of sp³-hybridized carbons (Fsp3) is 0.895. The Kier molecular flexibility index (Phi) is 13.6. The maximum Gasteiger partial charge on any atom is 0.303 e. The molecule has 4 N–H and O–H groups in total. The lowest BCUT2D eigenvalue weighted by atomic mass is 9.89. The third-order valence-electron chi connectivity index (χ3n) is 4.63. The summed E-state index contributed by atoms with van der Waals surface area (Å²) >= 11 is 0. The molecule has 5 heteroatoms. The normalized spacial score (nSPS) is 13.6. The smallest absolute Gasteiger partial charge is 0.303 e. The molecule has 0 radical (unpaired) electrons. The summed E-state index contributed by atoms with van der Waals surface area (Å²) in [4.78, 5) is 21.9. The van der Waals surface area contributed by atoms with Crippen molar-refractivity contribution in [2.45, 2.75) is 109 Å². The minimum Gasteiger partial charge on any atom is -0.481 e. The number of hydrogen-bond acceptors (Lipinski definition) is 3. The van der Waals surface area contributed by atoms with Crippen molar-refractivity contribution in [3.8, 4) is 0 Å². The van der Waals surface area contributed by atoms with E-state index in [1.807, 2.05) is 0 Å². The van der Waals surface area contributed by atoms with Gasteiger partial charge in [-0.15, -0.1) is 0 Å². The molecule has 0 saturated carbocycles. The summed E-state index contributed by atoms with van der Waals surface area (Å²) in [7, 11) is 0. The van der Waals surface area contributed by atoms with Gasteiger partial charge >= 0.3 is 5.97 Å². The van der Waals surface area contributed by atoms with E-state index in [1.165, 1.54) is 0 Å². The fourth-order valence-electron chi connectivity index (χ4n) is 2.97. The molecule has 0 aromatic carbocycles. The highest BCUT2D eigenvalue weighted by Gasteiger charge is 2.32. The average Bonchev–Trinajstić information content (AvgIpc) is 2.53. The number of aliphatic carboxylic acids is 1. The van der Waals surface area contributed by atoms with Gasteiger partial charge in [-0.3, -0.25) is 9.59 Å². The summed E-state index contributed by atoms with van der Waals surface area (Å²) < 4.78 is 0. The van der Waals surface area contributed by atoms with Crippen LogP contribution in [0.2, 0.25) is 0 Å². The van der Waals surface area contributed by atoms with Gasteiger partial charge in [0.15, 0.2) is 0 Å². The van der Waals surface area contributed by atoms with Gasteiger partial charge in [0, 0.05) is 6.42 Å². The number of amides is 1. The topological polar surface area (TPSA) is 101 Å². The van der Waals surface area contributed by atoms with Gasteiger partial charge < -0.3 is 15.9 Å². The molecule has 0 aliphatic heterocycles. The minimum absolute atomic E-state index is 0.268. The second-order valence-corrected chi connectivity index (χ2v) is 6.93. The number of carbonyl (C=O) groups excluding carboxylic acids is 1. The molecule has 1 amide bonds. The number of carboxylic acids is 1. The van der Waals surface area contributed by atoms with E-state index in [0.29, 0.717) is 12.8 Å². The molecule has 24 heavy (non-hydrogen) atoms. The van der Waals surface area contributed by atoms with Crippen LogP contribution < -0.4 is 5.73 Å². The molecule has 0 aromatic heterocycles. The van der Waals surface area contributed by atoms with Crippen LogP contribution in [0, 0.1) is 0 Å². The Hall–Kier alpha value is -1.10. The molecule has 1 unspecified atom stereocenters. The van der Waals surface area contributed by atoms with Gasteiger partial charge in [0.2, 0.25) is 5.91 Å². The number of aliphatic hydroxyl groups is 1. The van der Waals surface area contributed by atoms with Gasteiger partial charge in [-0.25, -0.2) is 0 Å². The van der Waals surface area contributed by atoms with Gasteiger partial charge in [0.1, 0.15) is 5.60 Å². The number of carboxylic acid groups (broad SMARTS) is 1. The van der Waals surface area contributed by atoms with E-state index in [2.05, 4.69) is 6.92 Å². The van der Waals surface area contributed by atoms with Crippen molar-refractivity contribution in [2.24, 2.45) is 5.73 Å². The van der Waals surface area contributed by atoms with Crippen molar-refractivity contribution in [3.63, 3.8) is 0 Å². The zero-order valence-corrected chi connectivity index (χ0v) is 15.4. The van der Waals surface area contributed by atoms with Crippen LogP contribution in [0.5, 0.6) is 0 Å². The van der Waals surface area contributed by atoms with E-state index >= 15 is 0 Å². The average molecular weight is 344 g/mol. The quantitative estimate of drug-likeness (QED) is 0.345. The Labute approximate surface area is 147 Å². The van der Waals surface area contributed by atoms with E-state index in [9.17, 15) is 14.7 Å². The third kappa shape index (κ3) is 12.3. The molecule has 5 nitrogen and oxygen atoms in total. The van der Waals surface area contributed by atoms with Crippen LogP contribution in [-0.4, -0.2) is 27.7 Å². The molecule has 0 aliphatic rings. The van der Waals surface area contributed by atoms with Gasteiger partial charge in [0.25, 0.3) is 0 Å². The summed E-state index contributed by atoms with van der Waals surface area (Å²) in [6, 6.07) is 0. The van der Waals surface area contributed by atoms with Crippen molar-refractivity contribution in [2.75, 3.05) is 0 Å². The maximum absolute atomic E-state index is 11.5. The largest absolute Gasteiger partial charge is 0.481 e. The molecule has 0 fully saturated rings. The first-order valence-electron chi connectivity index (χ1n) is 9.66. The zero-order valence-electron chi connectivity index (χ0n) is 15.4. The van der Waals surface area contributed by atoms with Gasteiger partial charge in [-0.05, 0) is 19.3 Å². The first kappa shape index (κ1) is 22.9. The molecule has 0 aliphatic carbocycles. The summed E-state index contributed by atoms with van der Waals surface area (Å²) in [5, 5.41) is 19.0. The van der Waals surface area contributed by atoms with Gasteiger partial charge in [-0.1, -0.05) is 77.6 Å². The predicted octanol–water partition coefficient (Wildman–Crippen LogP) is 4.16. The molecule has 0 rings (SSSR count). The van der Waals surface area contributed by atoms with Crippen molar-refractivity contribution in [1.29, 1.82) is 0 Å². The van der Waals surface area contributed by atoms with E-state index < -0.39 is 17.5 Å². The van der Waals surface area contributed by atoms with Crippen LogP contribution in [0.15, 0.2) is 0 Å². The highest BCUT2D eigenvalue weighted by molar-refractivity contribution is 5.83. The monoisotopic (exact) mass is 343 g/mol. The summed E-state index contributed by atoms with van der Waals surface area (Å²) in [5.74, 6) is -1.30. The van der Waals surface area contributed by atoms with Crippen LogP contribution in [-0.2, 0) is 9.59 Å². The number of hydrogen-bond donors (Lipinski definition) is 3. The van der Waals surface area contributed by atoms with Gasteiger partial charge in [0.05, 0.1) is 0 Å². The zero-order chi connectivity index (χ0) is 18.3. The van der Waals surface area contributed by atoms with E-state index in [-0.39, 0.29) is 6.42 Å². The second-order valence-electron chi connectivity index (χ2n) is 6.93. The highest BCUT2D eigenvalue weighted by atomic mass is 16.4. The molecular formula is C19H37NO4. The Bertz CT molecular complexity index is 346. The van der Waals surface area contributed by atoms with Crippen LogP contribution in [0.3, 0.4) is 0 Å². The second kappa shape index (κ2) is 14.3. The van der Waals surface area contributed by atoms with Crippen LogP contribution in [0.4, 0.5) is 0 Å². The Morgan fingerprint density at radius 1 is 0.792 bits per heavy atom. The lowest BCUT2D eigenvalue weighted by Crippen LogP contribution is -2.43. The Morgan fingerprint density at radius 3 is 1.62 bits per heavy atom. The number of nitrogens with two attached hydrogens (primary N) is 1. The molecule has 142 valence electrons. The lowest BCUT2D eigenvalue weighted by Gasteiger charge is -2.24. The van der Waals surface area contributed by atoms with Crippen molar-refractivity contribution < 1.29 is 19.8 Å². The molecule has 0 saturated heterocycles. The molecule has 0 heterocycles. The van der Waals surface area contributed by atoms with Crippen LogP contribution in [0.25, 0.3) is 0 Å². The van der Waals surface area contributed by atoms with Crippen molar-refractivity contribution in [3.05, 3.63) is 0 Å². The number of primary amides is 1. The van der Waals surface area contributed by atoms with Gasteiger partial charge in [-0.2, -0.15) is 0 Å². The highest BCUT2D eigenvalue weighted by Crippen LogP contribution is 2.23. The van der Waals surface area contributed by atoms with Crippen molar-refractivity contribution in [1.82, 2.24) is 0 Å². The van der Waals surface area contributed by atoms with E-state index in [1.54, 1.807) is 0 Å². The summed E-state index contributed by atoms with van der Waals surface area (Å²) in [5.41, 5.74) is 4.06. The fourth-order valence-corrected chi connectivity index (χ4v) is 2.97. The first-order chi connectivity index (χ1) is 11.4. The lowest BCUT2D eigenvalue weighted by molar-refractivity contribution is -0.138. The predicted molar refractivity (Wildman–Crippen MR) is 96.7 cm³/mol. The third-order valence-corrected chi connectivity index (χ3v) is 4.63. The summed E-state index contributed by atoms with van der Waals surface area (Å²) in [6.07, 6.45) is 13.3. The SMILES string of the molecule is CCCCCCC(O)(CCCCCCCCCCC(=O)O)C(N)=O. The number of rotatable bonds is 17. The van der Waals surface area contributed by atoms with E-state index in [0.717, 1.165) is 77.0 Å². The number of unbranched alkanes of at least 4 members (excludes halogenated alkanes) is 10. The Balaban J connectivity index is 3.66. The van der Waals surface area contributed by atoms with Crippen LogP contribution in [0.1, 0.15) is 103 Å². The molecule has 1 atom stereocenters. The van der Waals surface area contributed by atoms with E-state index in [4.69, 9.17) is 10.8 Å². The standard InChI is InChI=1S/C19H37NO4/c1-2-3-4-12-15-19(24,18(20)23)16-13-10-8-6-5-7-9-11-14-17(21)22/h24H,2-16H2,1H3,(H2,20,23)(H,21,22). The van der Waals surface area contributed by atoms with Crippen LogP contribution >= 0.6 is 0 Å². The number of carbonyl (C=O) groups is 2. The first-order valence-corrected chi connectivity index (χ1v) is 9.66. The molecule has 0 bridgehead atoms.